The normalized spacial score (nSPS) is 15.4. The number of hydrogen-bond donors (Lipinski definition) is 3. The highest BCUT2D eigenvalue weighted by molar-refractivity contribution is 7.89. The molecular formula is C18H28N4O4S. The first-order chi connectivity index (χ1) is 12.7. The average molecular weight is 397 g/mol. The van der Waals surface area contributed by atoms with Crippen molar-refractivity contribution in [1.82, 2.24) is 14.9 Å². The largest absolute Gasteiger partial charge is 0.376 e. The molecule has 1 fully saturated rings. The second-order valence-electron chi connectivity index (χ2n) is 6.97. The molecular weight excluding hydrogens is 368 g/mol. The number of urea groups is 1. The first-order valence-electron chi connectivity index (χ1n) is 9.15. The van der Waals surface area contributed by atoms with E-state index in [0.717, 1.165) is 19.3 Å². The first-order valence-corrected chi connectivity index (χ1v) is 10.6. The number of piperidine rings is 1. The highest BCUT2D eigenvalue weighted by Crippen LogP contribution is 2.25. The minimum atomic E-state index is -3.56. The van der Waals surface area contributed by atoms with Gasteiger partial charge >= 0.3 is 6.03 Å². The molecule has 8 nitrogen and oxygen atoms in total. The fourth-order valence-corrected chi connectivity index (χ4v) is 4.65. The molecule has 0 saturated carbocycles. The van der Waals surface area contributed by atoms with Crippen molar-refractivity contribution >= 4 is 27.6 Å². The summed E-state index contributed by atoms with van der Waals surface area (Å²) in [6, 6.07) is 4.33. The van der Waals surface area contributed by atoms with E-state index in [1.165, 1.54) is 4.31 Å². The van der Waals surface area contributed by atoms with E-state index in [4.69, 9.17) is 0 Å². The van der Waals surface area contributed by atoms with Crippen molar-refractivity contribution in [3.05, 3.63) is 23.8 Å². The number of rotatable bonds is 6. The summed E-state index contributed by atoms with van der Waals surface area (Å²) < 4.78 is 27.3. The maximum absolute atomic E-state index is 12.9. The van der Waals surface area contributed by atoms with Gasteiger partial charge in [-0.1, -0.05) is 12.5 Å². The lowest BCUT2D eigenvalue weighted by atomic mass is 10.2. The van der Waals surface area contributed by atoms with Gasteiger partial charge in [-0.05, 0) is 51.3 Å². The molecule has 1 aliphatic rings. The van der Waals surface area contributed by atoms with Crippen LogP contribution in [-0.2, 0) is 14.8 Å². The molecule has 0 spiro atoms. The van der Waals surface area contributed by atoms with E-state index in [0.29, 0.717) is 24.3 Å². The zero-order valence-corrected chi connectivity index (χ0v) is 16.9. The van der Waals surface area contributed by atoms with Gasteiger partial charge in [0.15, 0.2) is 0 Å². The van der Waals surface area contributed by atoms with Crippen molar-refractivity contribution < 1.29 is 18.0 Å². The smallest absolute Gasteiger partial charge is 0.321 e. The molecule has 1 aliphatic heterocycles. The number of nitrogens with one attached hydrogen (secondary N) is 3. The first kappa shape index (κ1) is 21.2. The van der Waals surface area contributed by atoms with E-state index in [1.54, 1.807) is 39.0 Å². The third-order valence-corrected chi connectivity index (χ3v) is 6.29. The summed E-state index contributed by atoms with van der Waals surface area (Å²) in [6.45, 7) is 6.26. The Morgan fingerprint density at radius 3 is 2.44 bits per heavy atom. The minimum Gasteiger partial charge on any atom is -0.376 e. The quantitative estimate of drug-likeness (QED) is 0.680. The molecule has 1 heterocycles. The van der Waals surface area contributed by atoms with Crippen LogP contribution in [-0.4, -0.2) is 50.3 Å². The molecule has 0 radical (unpaired) electrons. The number of carbonyl (C=O) groups is 2. The third kappa shape index (κ3) is 5.93. The molecule has 0 aliphatic carbocycles. The number of aryl methyl sites for hydroxylation is 1. The minimum absolute atomic E-state index is 0.0783. The van der Waals surface area contributed by atoms with Gasteiger partial charge in [-0.3, -0.25) is 10.1 Å². The molecule has 9 heteroatoms. The number of carbonyl (C=O) groups excluding carboxylic acids is 2. The standard InChI is InChI=1S/C18H28N4O4S/c1-13(2)20-18(24)21-17(23)12-19-15-8-7-14(3)16(11-15)27(25,26)22-9-5-4-6-10-22/h7-8,11,13,19H,4-6,9-10,12H2,1-3H3,(H2,20,21,23,24). The molecule has 2 rings (SSSR count). The van der Waals surface area contributed by atoms with Gasteiger partial charge in [0.2, 0.25) is 15.9 Å². The SMILES string of the molecule is Cc1ccc(NCC(=O)NC(=O)NC(C)C)cc1S(=O)(=O)N1CCCCC1. The van der Waals surface area contributed by atoms with Crippen LogP contribution in [0.15, 0.2) is 23.1 Å². The van der Waals surface area contributed by atoms with E-state index >= 15 is 0 Å². The maximum Gasteiger partial charge on any atom is 0.321 e. The Morgan fingerprint density at radius 2 is 1.81 bits per heavy atom. The van der Waals surface area contributed by atoms with Crippen LogP contribution in [0.25, 0.3) is 0 Å². The summed E-state index contributed by atoms with van der Waals surface area (Å²) in [5.41, 5.74) is 1.17. The molecule has 0 aromatic heterocycles. The number of amides is 3. The number of anilines is 1. The van der Waals surface area contributed by atoms with Crippen LogP contribution in [0.1, 0.15) is 38.7 Å². The Labute approximate surface area is 160 Å². The Hall–Kier alpha value is -2.13. The zero-order chi connectivity index (χ0) is 20.0. The van der Waals surface area contributed by atoms with Crippen LogP contribution in [0.5, 0.6) is 0 Å². The van der Waals surface area contributed by atoms with E-state index in [9.17, 15) is 18.0 Å². The van der Waals surface area contributed by atoms with Gasteiger partial charge in [-0.2, -0.15) is 4.31 Å². The summed E-state index contributed by atoms with van der Waals surface area (Å²) in [5.74, 6) is -0.505. The molecule has 1 aromatic rings. The van der Waals surface area contributed by atoms with Gasteiger partial charge < -0.3 is 10.6 Å². The maximum atomic E-state index is 12.9. The van der Waals surface area contributed by atoms with E-state index < -0.39 is 22.0 Å². The Bertz CT molecular complexity index is 787. The number of benzene rings is 1. The highest BCUT2D eigenvalue weighted by atomic mass is 32.2. The summed E-state index contributed by atoms with van der Waals surface area (Å²) in [4.78, 5) is 23.6. The van der Waals surface area contributed by atoms with Gasteiger partial charge in [-0.15, -0.1) is 0 Å². The Balaban J connectivity index is 2.04. The molecule has 0 unspecified atom stereocenters. The summed E-state index contributed by atoms with van der Waals surface area (Å²) in [6.07, 6.45) is 2.79. The second kappa shape index (κ2) is 9.18. The zero-order valence-electron chi connectivity index (χ0n) is 16.0. The summed E-state index contributed by atoms with van der Waals surface area (Å²) in [5, 5.41) is 7.64. The van der Waals surface area contributed by atoms with Gasteiger partial charge in [0.05, 0.1) is 11.4 Å². The lowest BCUT2D eigenvalue weighted by molar-refractivity contribution is -0.118. The van der Waals surface area contributed by atoms with Gasteiger partial charge in [0.1, 0.15) is 0 Å². The van der Waals surface area contributed by atoms with Crippen LogP contribution in [0.4, 0.5) is 10.5 Å². The molecule has 1 aromatic carbocycles. The van der Waals surface area contributed by atoms with Gasteiger partial charge in [-0.25, -0.2) is 13.2 Å². The van der Waals surface area contributed by atoms with Crippen molar-refractivity contribution in [2.24, 2.45) is 0 Å². The summed E-state index contributed by atoms with van der Waals surface area (Å²) >= 11 is 0. The topological polar surface area (TPSA) is 108 Å². The number of hydrogen-bond acceptors (Lipinski definition) is 5. The highest BCUT2D eigenvalue weighted by Gasteiger charge is 2.27. The lowest BCUT2D eigenvalue weighted by Gasteiger charge is -2.26. The predicted molar refractivity (Wildman–Crippen MR) is 104 cm³/mol. The van der Waals surface area contributed by atoms with Crippen LogP contribution in [0, 0.1) is 6.92 Å². The number of imide groups is 1. The average Bonchev–Trinajstić information content (AvgIpc) is 2.60. The summed E-state index contributed by atoms with van der Waals surface area (Å²) in [7, 11) is -3.56. The fourth-order valence-electron chi connectivity index (χ4n) is 2.88. The molecule has 0 atom stereocenters. The van der Waals surface area contributed by atoms with Crippen LogP contribution in [0.2, 0.25) is 0 Å². The van der Waals surface area contributed by atoms with Crippen molar-refractivity contribution in [2.75, 3.05) is 25.0 Å². The van der Waals surface area contributed by atoms with E-state index in [2.05, 4.69) is 16.0 Å². The molecule has 3 amide bonds. The van der Waals surface area contributed by atoms with Crippen LogP contribution < -0.4 is 16.0 Å². The van der Waals surface area contributed by atoms with E-state index in [-0.39, 0.29) is 17.5 Å². The number of nitrogens with zero attached hydrogens (tertiary/aromatic N) is 1. The van der Waals surface area contributed by atoms with Gasteiger partial charge in [0, 0.05) is 24.8 Å². The molecule has 0 bridgehead atoms. The molecule has 150 valence electrons. The van der Waals surface area contributed by atoms with Gasteiger partial charge in [0.25, 0.3) is 0 Å². The van der Waals surface area contributed by atoms with Crippen LogP contribution >= 0.6 is 0 Å². The Kier molecular flexibility index (Phi) is 7.20. The molecule has 1 saturated heterocycles. The molecule has 3 N–H and O–H groups in total. The lowest BCUT2D eigenvalue weighted by Crippen LogP contribution is -2.44. The molecule has 27 heavy (non-hydrogen) atoms. The number of sulfonamides is 1. The van der Waals surface area contributed by atoms with Crippen molar-refractivity contribution in [3.63, 3.8) is 0 Å². The van der Waals surface area contributed by atoms with Crippen molar-refractivity contribution in [1.29, 1.82) is 0 Å². The predicted octanol–water partition coefficient (Wildman–Crippen LogP) is 1.82. The fraction of sp³-hybridized carbons (Fsp3) is 0.556. The second-order valence-corrected chi connectivity index (χ2v) is 8.88. The van der Waals surface area contributed by atoms with Crippen LogP contribution in [0.3, 0.4) is 0 Å². The van der Waals surface area contributed by atoms with Crippen molar-refractivity contribution in [2.45, 2.75) is 51.0 Å². The Morgan fingerprint density at radius 1 is 1.15 bits per heavy atom. The van der Waals surface area contributed by atoms with Crippen molar-refractivity contribution in [3.8, 4) is 0 Å². The third-order valence-electron chi connectivity index (χ3n) is 4.25. The monoisotopic (exact) mass is 396 g/mol. The van der Waals surface area contributed by atoms with E-state index in [1.807, 2.05) is 0 Å².